The summed E-state index contributed by atoms with van der Waals surface area (Å²) in [7, 11) is 0. The maximum Gasteiger partial charge on any atom is 0.243 e. The Labute approximate surface area is 95.5 Å². The number of hydrogen-bond donors (Lipinski definition) is 1. The van der Waals surface area contributed by atoms with Crippen LogP contribution in [0.3, 0.4) is 0 Å². The van der Waals surface area contributed by atoms with Crippen LogP contribution in [0.5, 0.6) is 5.75 Å². The highest BCUT2D eigenvalue weighted by molar-refractivity contribution is 5.74. The van der Waals surface area contributed by atoms with Gasteiger partial charge in [0.25, 0.3) is 0 Å². The molecule has 16 heavy (non-hydrogen) atoms. The Kier molecular flexibility index (Phi) is 6.03. The molecule has 0 saturated carbocycles. The molecule has 0 aliphatic heterocycles. The van der Waals surface area contributed by atoms with Gasteiger partial charge in [-0.25, -0.2) is 5.48 Å². The Hall–Kier alpha value is -1.55. The number of hydroxylamine groups is 1. The largest absolute Gasteiger partial charge is 0.494 e. The van der Waals surface area contributed by atoms with Crippen molar-refractivity contribution in [3.8, 4) is 5.75 Å². The van der Waals surface area contributed by atoms with Gasteiger partial charge in [0.2, 0.25) is 5.91 Å². The van der Waals surface area contributed by atoms with Crippen LogP contribution in [0.1, 0.15) is 19.8 Å². The molecule has 4 heteroatoms. The van der Waals surface area contributed by atoms with Crippen molar-refractivity contribution in [3.05, 3.63) is 30.3 Å². The summed E-state index contributed by atoms with van der Waals surface area (Å²) in [5.41, 5.74) is 2.34. The Morgan fingerprint density at radius 1 is 1.31 bits per heavy atom. The Morgan fingerprint density at radius 2 is 2.06 bits per heavy atom. The normalized spacial score (nSPS) is 9.81. The summed E-state index contributed by atoms with van der Waals surface area (Å²) in [4.78, 5) is 15.9. The molecule has 0 unspecified atom stereocenters. The molecular weight excluding hydrogens is 206 g/mol. The van der Waals surface area contributed by atoms with Gasteiger partial charge in [0.1, 0.15) is 5.75 Å². The lowest BCUT2D eigenvalue weighted by atomic mass is 10.3. The molecule has 0 heterocycles. The third kappa shape index (κ3) is 5.36. The molecule has 88 valence electrons. The molecule has 1 amide bonds. The molecular formula is C12H17NO3. The Bertz CT molecular complexity index is 300. The van der Waals surface area contributed by atoms with E-state index in [9.17, 15) is 4.79 Å². The molecule has 1 rings (SSSR count). The van der Waals surface area contributed by atoms with E-state index in [0.29, 0.717) is 26.1 Å². The number of rotatable bonds is 7. The highest BCUT2D eigenvalue weighted by atomic mass is 16.6. The minimum atomic E-state index is -0.112. The van der Waals surface area contributed by atoms with Crippen molar-refractivity contribution in [2.24, 2.45) is 0 Å². The van der Waals surface area contributed by atoms with Gasteiger partial charge in [-0.3, -0.25) is 9.63 Å². The predicted octanol–water partition coefficient (Wildman–Crippen LogP) is 1.91. The number of amides is 1. The van der Waals surface area contributed by atoms with E-state index in [1.54, 1.807) is 0 Å². The van der Waals surface area contributed by atoms with E-state index >= 15 is 0 Å². The van der Waals surface area contributed by atoms with Crippen LogP contribution >= 0.6 is 0 Å². The van der Waals surface area contributed by atoms with Crippen molar-refractivity contribution >= 4 is 5.91 Å². The van der Waals surface area contributed by atoms with Crippen LogP contribution in [-0.4, -0.2) is 19.1 Å². The molecule has 0 aliphatic rings. The number of nitrogens with one attached hydrogen (secondary N) is 1. The monoisotopic (exact) mass is 223 g/mol. The zero-order valence-electron chi connectivity index (χ0n) is 9.44. The van der Waals surface area contributed by atoms with Crippen molar-refractivity contribution in [3.63, 3.8) is 0 Å². The first-order chi connectivity index (χ1) is 7.83. The molecule has 1 aromatic carbocycles. The van der Waals surface area contributed by atoms with Crippen LogP contribution in [-0.2, 0) is 9.63 Å². The maximum atomic E-state index is 11.1. The second-order valence-corrected chi connectivity index (χ2v) is 3.22. The third-order valence-corrected chi connectivity index (χ3v) is 1.89. The minimum absolute atomic E-state index is 0.112. The highest BCUT2D eigenvalue weighted by Crippen LogP contribution is 2.08. The van der Waals surface area contributed by atoms with Gasteiger partial charge in [-0.2, -0.15) is 0 Å². The summed E-state index contributed by atoms with van der Waals surface area (Å²) in [6.45, 7) is 2.83. The van der Waals surface area contributed by atoms with Gasteiger partial charge < -0.3 is 4.74 Å². The van der Waals surface area contributed by atoms with Gasteiger partial charge in [0.05, 0.1) is 13.2 Å². The van der Waals surface area contributed by atoms with Crippen molar-refractivity contribution in [1.82, 2.24) is 5.48 Å². The van der Waals surface area contributed by atoms with Crippen molar-refractivity contribution in [2.75, 3.05) is 13.2 Å². The standard InChI is InChI=1S/C12H17NO3/c1-2-16-13-12(14)9-6-10-15-11-7-4-3-5-8-11/h3-5,7-8H,2,6,9-10H2,1H3,(H,13,14). The molecule has 0 aliphatic carbocycles. The lowest BCUT2D eigenvalue weighted by Crippen LogP contribution is -2.23. The molecule has 4 nitrogen and oxygen atoms in total. The smallest absolute Gasteiger partial charge is 0.243 e. The SMILES string of the molecule is CCONC(=O)CCCOc1ccccc1. The summed E-state index contributed by atoms with van der Waals surface area (Å²) in [6, 6.07) is 9.54. The van der Waals surface area contributed by atoms with Crippen molar-refractivity contribution in [2.45, 2.75) is 19.8 Å². The van der Waals surface area contributed by atoms with E-state index in [1.165, 1.54) is 0 Å². The van der Waals surface area contributed by atoms with Crippen LogP contribution in [0.15, 0.2) is 30.3 Å². The third-order valence-electron chi connectivity index (χ3n) is 1.89. The molecule has 1 aromatic rings. The summed E-state index contributed by atoms with van der Waals surface area (Å²) in [5.74, 6) is 0.714. The quantitative estimate of drug-likeness (QED) is 0.567. The zero-order valence-corrected chi connectivity index (χ0v) is 9.44. The summed E-state index contributed by atoms with van der Waals surface area (Å²) in [5, 5.41) is 0. The second-order valence-electron chi connectivity index (χ2n) is 3.22. The Morgan fingerprint density at radius 3 is 2.75 bits per heavy atom. The summed E-state index contributed by atoms with van der Waals surface area (Å²) < 4.78 is 5.44. The van der Waals surface area contributed by atoms with Gasteiger partial charge in [-0.05, 0) is 25.5 Å². The topological polar surface area (TPSA) is 47.6 Å². The molecule has 1 N–H and O–H groups in total. The average molecular weight is 223 g/mol. The number of ether oxygens (including phenoxy) is 1. The van der Waals surface area contributed by atoms with Gasteiger partial charge in [-0.1, -0.05) is 18.2 Å². The maximum absolute atomic E-state index is 11.1. The molecule has 0 bridgehead atoms. The molecule has 0 atom stereocenters. The fourth-order valence-electron chi connectivity index (χ4n) is 1.14. The van der Waals surface area contributed by atoms with E-state index in [0.717, 1.165) is 5.75 Å². The lowest BCUT2D eigenvalue weighted by molar-refractivity contribution is -0.133. The van der Waals surface area contributed by atoms with Crippen LogP contribution in [0.2, 0.25) is 0 Å². The second kappa shape index (κ2) is 7.70. The lowest BCUT2D eigenvalue weighted by Gasteiger charge is -2.06. The first kappa shape index (κ1) is 12.5. The molecule has 0 radical (unpaired) electrons. The van der Waals surface area contributed by atoms with E-state index in [4.69, 9.17) is 9.57 Å². The summed E-state index contributed by atoms with van der Waals surface area (Å²) >= 11 is 0. The van der Waals surface area contributed by atoms with Crippen LogP contribution in [0.25, 0.3) is 0 Å². The highest BCUT2D eigenvalue weighted by Gasteiger charge is 2.00. The number of carbonyl (C=O) groups is 1. The van der Waals surface area contributed by atoms with Crippen molar-refractivity contribution in [1.29, 1.82) is 0 Å². The number of para-hydroxylation sites is 1. The molecule has 0 aromatic heterocycles. The number of hydrogen-bond acceptors (Lipinski definition) is 3. The van der Waals surface area contributed by atoms with E-state index in [1.807, 2.05) is 37.3 Å². The van der Waals surface area contributed by atoms with Crippen LogP contribution in [0, 0.1) is 0 Å². The first-order valence-corrected chi connectivity index (χ1v) is 5.41. The predicted molar refractivity (Wildman–Crippen MR) is 60.9 cm³/mol. The van der Waals surface area contributed by atoms with Gasteiger partial charge >= 0.3 is 0 Å². The minimum Gasteiger partial charge on any atom is -0.494 e. The average Bonchev–Trinajstić information content (AvgIpc) is 2.33. The first-order valence-electron chi connectivity index (χ1n) is 5.41. The fraction of sp³-hybridized carbons (Fsp3) is 0.417. The van der Waals surface area contributed by atoms with E-state index < -0.39 is 0 Å². The molecule has 0 spiro atoms. The van der Waals surface area contributed by atoms with Gasteiger partial charge in [0.15, 0.2) is 0 Å². The number of carbonyl (C=O) groups excluding carboxylic acids is 1. The number of benzene rings is 1. The van der Waals surface area contributed by atoms with Crippen LogP contribution in [0.4, 0.5) is 0 Å². The van der Waals surface area contributed by atoms with E-state index in [-0.39, 0.29) is 5.91 Å². The summed E-state index contributed by atoms with van der Waals surface area (Å²) in [6.07, 6.45) is 1.08. The molecule has 0 fully saturated rings. The van der Waals surface area contributed by atoms with Crippen LogP contribution < -0.4 is 10.2 Å². The zero-order chi connectivity index (χ0) is 11.6. The van der Waals surface area contributed by atoms with Crippen molar-refractivity contribution < 1.29 is 14.4 Å². The molecule has 0 saturated heterocycles. The fourth-order valence-corrected chi connectivity index (χ4v) is 1.14. The van der Waals surface area contributed by atoms with E-state index in [2.05, 4.69) is 5.48 Å². The van der Waals surface area contributed by atoms with Gasteiger partial charge in [-0.15, -0.1) is 0 Å². The Balaban J connectivity index is 2.06. The van der Waals surface area contributed by atoms with Gasteiger partial charge in [0, 0.05) is 6.42 Å².